The van der Waals surface area contributed by atoms with Crippen molar-refractivity contribution < 1.29 is 4.79 Å². The number of rotatable bonds is 8. The number of anilines is 2. The number of aryl methyl sites for hydroxylation is 1. The van der Waals surface area contributed by atoms with E-state index in [9.17, 15) is 9.59 Å². The summed E-state index contributed by atoms with van der Waals surface area (Å²) in [7, 11) is 0. The van der Waals surface area contributed by atoms with Crippen LogP contribution in [0.25, 0.3) is 0 Å². The number of nitrogens with zero attached hydrogens (tertiary/aromatic N) is 2. The van der Waals surface area contributed by atoms with Crippen LogP contribution in [0.2, 0.25) is 0 Å². The number of benzene rings is 1. The van der Waals surface area contributed by atoms with Crippen LogP contribution in [0.1, 0.15) is 17.0 Å². The summed E-state index contributed by atoms with van der Waals surface area (Å²) in [5, 5.41) is 5.02. The molecule has 0 spiro atoms. The molecule has 3 aromatic rings. The third-order valence-electron chi connectivity index (χ3n) is 3.99. The molecule has 28 heavy (non-hydrogen) atoms. The smallest absolute Gasteiger partial charge is 0.275 e. The number of carbonyl (C=O) groups excluding carboxylic acids is 1. The molecular weight excluding hydrogens is 394 g/mol. The number of amides is 1. The largest absolute Gasteiger partial charge is 0.375 e. The predicted octanol–water partition coefficient (Wildman–Crippen LogP) is 2.77. The number of nitrogens with two attached hydrogens (primary N) is 1. The second-order valence-electron chi connectivity index (χ2n) is 6.11. The Morgan fingerprint density at radius 1 is 1.25 bits per heavy atom. The van der Waals surface area contributed by atoms with Gasteiger partial charge in [0.15, 0.2) is 5.13 Å². The van der Waals surface area contributed by atoms with Crippen LogP contribution in [-0.4, -0.2) is 15.5 Å². The summed E-state index contributed by atoms with van der Waals surface area (Å²) in [6.07, 6.45) is 0. The van der Waals surface area contributed by atoms with Crippen LogP contribution in [0.3, 0.4) is 0 Å². The van der Waals surface area contributed by atoms with Crippen molar-refractivity contribution in [3.8, 4) is 0 Å². The molecule has 4 N–H and O–H groups in total. The number of hydrogen-bond donors (Lipinski definition) is 3. The van der Waals surface area contributed by atoms with Crippen molar-refractivity contribution >= 4 is 40.0 Å². The topological polar surface area (TPSA) is 102 Å². The fourth-order valence-corrected chi connectivity index (χ4v) is 3.81. The molecule has 0 fully saturated rings. The Balaban J connectivity index is 1.60. The van der Waals surface area contributed by atoms with Crippen molar-refractivity contribution in [2.45, 2.75) is 25.8 Å². The second-order valence-corrected chi connectivity index (χ2v) is 7.78. The molecule has 0 unspecified atom stereocenters. The Hall–Kier alpha value is -2.78. The minimum atomic E-state index is -0.258. The van der Waals surface area contributed by atoms with E-state index in [0.29, 0.717) is 16.5 Å². The van der Waals surface area contributed by atoms with Gasteiger partial charge in [-0.1, -0.05) is 30.3 Å². The molecule has 0 aliphatic carbocycles. The summed E-state index contributed by atoms with van der Waals surface area (Å²) in [5.41, 5.74) is 8.39. The zero-order valence-electron chi connectivity index (χ0n) is 15.3. The van der Waals surface area contributed by atoms with Gasteiger partial charge < -0.3 is 20.3 Å². The van der Waals surface area contributed by atoms with Crippen molar-refractivity contribution in [3.05, 3.63) is 75.1 Å². The maximum absolute atomic E-state index is 12.7. The lowest BCUT2D eigenvalue weighted by Crippen LogP contribution is -2.33. The molecule has 0 aliphatic rings. The lowest BCUT2D eigenvalue weighted by atomic mass is 10.2. The van der Waals surface area contributed by atoms with Crippen LogP contribution in [0, 0.1) is 6.92 Å². The second kappa shape index (κ2) is 9.43. The van der Waals surface area contributed by atoms with Gasteiger partial charge in [-0.05, 0) is 36.6 Å². The molecule has 0 saturated carbocycles. The molecule has 1 amide bonds. The van der Waals surface area contributed by atoms with Crippen LogP contribution in [0.15, 0.2) is 52.6 Å². The maximum Gasteiger partial charge on any atom is 0.275 e. The Morgan fingerprint density at radius 3 is 2.75 bits per heavy atom. The molecule has 0 bridgehead atoms. The quantitative estimate of drug-likeness (QED) is 0.489. The SMILES string of the molecule is Cc1ccc(NSCc2ccccc2)c(=O)n1CC(=O)NCc1csc(N)n1. The molecule has 0 radical (unpaired) electrons. The summed E-state index contributed by atoms with van der Waals surface area (Å²) >= 11 is 2.76. The standard InChI is InChI=1S/C19H21N5O2S2/c1-13-7-8-16(23-28-11-14-5-3-2-4-6-14)18(26)24(13)10-17(25)21-9-15-12-27-19(20)22-15/h2-8,12,23H,9-11H2,1H3,(H2,20,22)(H,21,25). The molecule has 9 heteroatoms. The van der Waals surface area contributed by atoms with Crippen LogP contribution in [0.4, 0.5) is 10.8 Å². The first kappa shape index (κ1) is 20.0. The van der Waals surface area contributed by atoms with E-state index in [4.69, 9.17) is 5.73 Å². The molecule has 0 aliphatic heterocycles. The molecular formula is C19H21N5O2S2. The number of nitrogen functional groups attached to an aromatic ring is 1. The zero-order valence-corrected chi connectivity index (χ0v) is 17.0. The van der Waals surface area contributed by atoms with E-state index >= 15 is 0 Å². The Morgan fingerprint density at radius 2 is 2.04 bits per heavy atom. The van der Waals surface area contributed by atoms with E-state index in [2.05, 4.69) is 15.0 Å². The Bertz CT molecular complexity index is 1000. The lowest BCUT2D eigenvalue weighted by Gasteiger charge is -2.13. The van der Waals surface area contributed by atoms with Crippen molar-refractivity contribution in [2.75, 3.05) is 10.5 Å². The van der Waals surface area contributed by atoms with Gasteiger partial charge in [-0.3, -0.25) is 9.59 Å². The normalized spacial score (nSPS) is 10.6. The number of carbonyl (C=O) groups is 1. The van der Waals surface area contributed by atoms with Crippen LogP contribution < -0.4 is 21.3 Å². The minimum absolute atomic E-state index is 0.0524. The van der Waals surface area contributed by atoms with Crippen molar-refractivity contribution in [1.29, 1.82) is 0 Å². The summed E-state index contributed by atoms with van der Waals surface area (Å²) in [6.45, 7) is 2.03. The van der Waals surface area contributed by atoms with Gasteiger partial charge in [-0.25, -0.2) is 4.98 Å². The zero-order chi connectivity index (χ0) is 19.9. The maximum atomic E-state index is 12.7. The van der Waals surface area contributed by atoms with Gasteiger partial charge >= 0.3 is 0 Å². The van der Waals surface area contributed by atoms with Gasteiger partial charge in [0, 0.05) is 16.8 Å². The fraction of sp³-hybridized carbons (Fsp3) is 0.211. The van der Waals surface area contributed by atoms with Gasteiger partial charge in [-0.2, -0.15) is 0 Å². The van der Waals surface area contributed by atoms with E-state index in [1.54, 1.807) is 18.4 Å². The van der Waals surface area contributed by atoms with E-state index in [1.807, 2.05) is 36.4 Å². The van der Waals surface area contributed by atoms with E-state index < -0.39 is 0 Å². The molecule has 7 nitrogen and oxygen atoms in total. The highest BCUT2D eigenvalue weighted by atomic mass is 32.2. The third-order valence-corrected chi connectivity index (χ3v) is 5.56. The van der Waals surface area contributed by atoms with Gasteiger partial charge in [0.1, 0.15) is 12.2 Å². The summed E-state index contributed by atoms with van der Waals surface area (Å²) in [6, 6.07) is 13.5. The summed E-state index contributed by atoms with van der Waals surface area (Å²) < 4.78 is 4.55. The summed E-state index contributed by atoms with van der Waals surface area (Å²) in [5.74, 6) is 0.469. The molecule has 1 aromatic carbocycles. The molecule has 146 valence electrons. The Labute approximate surface area is 171 Å². The highest BCUT2D eigenvalue weighted by molar-refractivity contribution is 7.99. The monoisotopic (exact) mass is 415 g/mol. The molecule has 0 atom stereocenters. The number of aromatic nitrogens is 2. The number of pyridine rings is 1. The van der Waals surface area contributed by atoms with Crippen LogP contribution >= 0.6 is 23.3 Å². The average Bonchev–Trinajstić information content (AvgIpc) is 3.11. The first-order chi connectivity index (χ1) is 13.5. The Kier molecular flexibility index (Phi) is 6.72. The average molecular weight is 416 g/mol. The molecule has 2 heterocycles. The van der Waals surface area contributed by atoms with E-state index in [-0.39, 0.29) is 24.6 Å². The van der Waals surface area contributed by atoms with Gasteiger partial charge in [0.05, 0.1) is 12.2 Å². The number of hydrogen-bond acceptors (Lipinski definition) is 7. The van der Waals surface area contributed by atoms with E-state index in [0.717, 1.165) is 17.0 Å². The van der Waals surface area contributed by atoms with Gasteiger partial charge in [0.25, 0.3) is 5.56 Å². The molecule has 0 saturated heterocycles. The summed E-state index contributed by atoms with van der Waals surface area (Å²) in [4.78, 5) is 29.1. The number of nitrogens with one attached hydrogen (secondary N) is 2. The van der Waals surface area contributed by atoms with Crippen LogP contribution in [0.5, 0.6) is 0 Å². The lowest BCUT2D eigenvalue weighted by molar-refractivity contribution is -0.121. The van der Waals surface area contributed by atoms with E-state index in [1.165, 1.54) is 27.9 Å². The van der Waals surface area contributed by atoms with Crippen molar-refractivity contribution in [3.63, 3.8) is 0 Å². The number of thiazole rings is 1. The third kappa shape index (κ3) is 5.37. The van der Waals surface area contributed by atoms with Crippen molar-refractivity contribution in [1.82, 2.24) is 14.9 Å². The van der Waals surface area contributed by atoms with Crippen LogP contribution in [-0.2, 0) is 23.6 Å². The molecule has 3 rings (SSSR count). The van der Waals surface area contributed by atoms with Gasteiger partial charge in [0.2, 0.25) is 5.91 Å². The fourth-order valence-electron chi connectivity index (χ4n) is 2.51. The highest BCUT2D eigenvalue weighted by Crippen LogP contribution is 2.15. The van der Waals surface area contributed by atoms with Gasteiger partial charge in [-0.15, -0.1) is 11.3 Å². The first-order valence-electron chi connectivity index (χ1n) is 8.61. The molecule has 2 aromatic heterocycles. The highest BCUT2D eigenvalue weighted by Gasteiger charge is 2.11. The first-order valence-corrected chi connectivity index (χ1v) is 10.5. The predicted molar refractivity (Wildman–Crippen MR) is 115 cm³/mol. The minimum Gasteiger partial charge on any atom is -0.375 e. The van der Waals surface area contributed by atoms with Crippen molar-refractivity contribution in [2.24, 2.45) is 0 Å².